The second kappa shape index (κ2) is 6.40. The number of rotatable bonds is 2. The highest BCUT2D eigenvalue weighted by atomic mass is 79.9. The smallest absolute Gasteiger partial charge is 0.325 e. The number of hydrogen-bond donors (Lipinski definition) is 1. The predicted octanol–water partition coefficient (Wildman–Crippen LogP) is 2.72. The molecule has 4 rings (SSSR count). The molecule has 1 N–H and O–H groups in total. The number of amides is 1. The van der Waals surface area contributed by atoms with Crippen molar-refractivity contribution >= 4 is 39.3 Å². The molecular formula is C17H14BrN4O3S+. The topological polar surface area (TPSA) is 83.1 Å². The zero-order chi connectivity index (χ0) is 18.4. The zero-order valence-electron chi connectivity index (χ0n) is 13.9. The standard InChI is InChI=1S/C17H13BrN4O3S/c1-9(23)21-11-6-4-3-5-10(11)14-15(24)19-17(26-2)20-22(14)16(21)12-7-8-13(18)25-12/h3-8,16H,1-2H3/p+1/t16-/m1/s1. The number of nitrogens with zero attached hydrogens (tertiary/aromatic N) is 3. The number of aromatic nitrogens is 3. The third kappa shape index (κ3) is 2.58. The van der Waals surface area contributed by atoms with Gasteiger partial charge in [-0.1, -0.05) is 23.9 Å². The molecule has 0 unspecified atom stereocenters. The van der Waals surface area contributed by atoms with Crippen molar-refractivity contribution in [2.24, 2.45) is 0 Å². The van der Waals surface area contributed by atoms with Gasteiger partial charge in [-0.2, -0.15) is 0 Å². The summed E-state index contributed by atoms with van der Waals surface area (Å²) in [6.07, 6.45) is 1.13. The number of halogens is 1. The van der Waals surface area contributed by atoms with Gasteiger partial charge in [0.1, 0.15) is 0 Å². The van der Waals surface area contributed by atoms with Gasteiger partial charge in [-0.25, -0.2) is 4.90 Å². The minimum atomic E-state index is -0.697. The van der Waals surface area contributed by atoms with Crippen LogP contribution in [0.4, 0.5) is 5.69 Å². The molecule has 1 aliphatic heterocycles. The van der Waals surface area contributed by atoms with Crippen LogP contribution in [0.15, 0.2) is 55.4 Å². The minimum Gasteiger partial charge on any atom is -0.445 e. The molecule has 0 saturated heterocycles. The number of anilines is 1. The van der Waals surface area contributed by atoms with E-state index in [1.807, 2.05) is 24.5 Å². The van der Waals surface area contributed by atoms with Gasteiger partial charge in [0, 0.05) is 12.0 Å². The van der Waals surface area contributed by atoms with Crippen molar-refractivity contribution in [3.05, 3.63) is 57.2 Å². The van der Waals surface area contributed by atoms with Crippen molar-refractivity contribution < 1.29 is 13.9 Å². The monoisotopic (exact) mass is 433 g/mol. The van der Waals surface area contributed by atoms with Crippen molar-refractivity contribution in [2.75, 3.05) is 11.2 Å². The van der Waals surface area contributed by atoms with Crippen LogP contribution in [0.3, 0.4) is 0 Å². The number of aromatic amines is 1. The molecule has 3 aromatic rings. The maximum Gasteiger partial charge on any atom is 0.325 e. The molecule has 1 aliphatic rings. The van der Waals surface area contributed by atoms with Crippen molar-refractivity contribution in [3.63, 3.8) is 0 Å². The number of para-hydroxylation sites is 1. The molecule has 7 nitrogen and oxygen atoms in total. The van der Waals surface area contributed by atoms with Gasteiger partial charge >= 0.3 is 17.4 Å². The van der Waals surface area contributed by atoms with Crippen LogP contribution >= 0.6 is 27.7 Å². The number of furan rings is 1. The summed E-state index contributed by atoms with van der Waals surface area (Å²) in [5.41, 5.74) is 1.40. The Balaban J connectivity index is 2.10. The van der Waals surface area contributed by atoms with Gasteiger partial charge in [0.2, 0.25) is 11.1 Å². The zero-order valence-corrected chi connectivity index (χ0v) is 16.3. The molecule has 1 aromatic carbocycles. The van der Waals surface area contributed by atoms with E-state index in [1.165, 1.54) is 18.7 Å². The predicted molar refractivity (Wildman–Crippen MR) is 100.0 cm³/mol. The number of fused-ring (bicyclic) bond motifs is 3. The van der Waals surface area contributed by atoms with E-state index in [9.17, 15) is 9.59 Å². The summed E-state index contributed by atoms with van der Waals surface area (Å²) in [7, 11) is 0. The average molecular weight is 434 g/mol. The third-order valence-corrected chi connectivity index (χ3v) is 5.14. The fourth-order valence-corrected chi connectivity index (χ4v) is 3.81. The van der Waals surface area contributed by atoms with Crippen LogP contribution in [0.1, 0.15) is 18.8 Å². The van der Waals surface area contributed by atoms with Crippen molar-refractivity contribution in [2.45, 2.75) is 18.2 Å². The molecule has 0 aliphatic carbocycles. The third-order valence-electron chi connectivity index (χ3n) is 4.14. The van der Waals surface area contributed by atoms with Gasteiger partial charge in [0.15, 0.2) is 10.4 Å². The van der Waals surface area contributed by atoms with E-state index in [0.29, 0.717) is 32.5 Å². The SMILES string of the molecule is CSc1n[n+]2c(c(=O)[nH]1)-c1ccccc1N(C(C)=O)[C@H]2c1ccc(Br)o1. The van der Waals surface area contributed by atoms with E-state index >= 15 is 0 Å². The molecule has 2 aromatic heterocycles. The summed E-state index contributed by atoms with van der Waals surface area (Å²) in [4.78, 5) is 29.7. The Kier molecular flexibility index (Phi) is 4.20. The number of carbonyl (C=O) groups excluding carboxylic acids is 1. The normalized spacial score (nSPS) is 15.5. The van der Waals surface area contributed by atoms with E-state index in [-0.39, 0.29) is 11.5 Å². The molecule has 0 spiro atoms. The van der Waals surface area contributed by atoms with E-state index in [1.54, 1.807) is 27.8 Å². The Bertz CT molecular complexity index is 1080. The van der Waals surface area contributed by atoms with E-state index in [0.717, 1.165) is 0 Å². The van der Waals surface area contributed by atoms with Gasteiger partial charge in [0.05, 0.1) is 11.3 Å². The van der Waals surface area contributed by atoms with Crippen LogP contribution in [0.2, 0.25) is 0 Å². The Hall–Kier alpha value is -2.39. The van der Waals surface area contributed by atoms with Crippen LogP contribution < -0.4 is 15.1 Å². The number of H-pyrrole nitrogens is 1. The quantitative estimate of drug-likeness (QED) is 0.496. The Morgan fingerprint density at radius 3 is 2.77 bits per heavy atom. The number of carbonyl (C=O) groups is 1. The number of thioether (sulfide) groups is 1. The maximum atomic E-state index is 12.8. The lowest BCUT2D eigenvalue weighted by molar-refractivity contribution is -0.764. The fraction of sp³-hybridized carbons (Fsp3) is 0.176. The van der Waals surface area contributed by atoms with E-state index in [4.69, 9.17) is 4.42 Å². The lowest BCUT2D eigenvalue weighted by atomic mass is 10.0. The molecule has 0 saturated carbocycles. The Morgan fingerprint density at radius 2 is 2.12 bits per heavy atom. The van der Waals surface area contributed by atoms with Crippen molar-refractivity contribution in [1.82, 2.24) is 10.1 Å². The largest absolute Gasteiger partial charge is 0.445 e. The summed E-state index contributed by atoms with van der Waals surface area (Å²) in [5.74, 6) is 0.318. The Morgan fingerprint density at radius 1 is 1.35 bits per heavy atom. The van der Waals surface area contributed by atoms with Gasteiger partial charge < -0.3 is 4.42 Å². The highest BCUT2D eigenvalue weighted by Gasteiger charge is 2.46. The lowest BCUT2D eigenvalue weighted by Crippen LogP contribution is -2.60. The highest BCUT2D eigenvalue weighted by molar-refractivity contribution is 9.10. The first kappa shape index (κ1) is 17.0. The van der Waals surface area contributed by atoms with Crippen molar-refractivity contribution in [1.29, 1.82) is 0 Å². The minimum absolute atomic E-state index is 0.180. The van der Waals surface area contributed by atoms with Crippen LogP contribution in [0.5, 0.6) is 0 Å². The number of nitrogens with one attached hydrogen (secondary N) is 1. The van der Waals surface area contributed by atoms with Crippen LogP contribution in [-0.2, 0) is 4.79 Å². The molecule has 1 atom stereocenters. The second-order valence-electron chi connectivity index (χ2n) is 5.68. The van der Waals surface area contributed by atoms with Crippen LogP contribution in [0, 0.1) is 0 Å². The van der Waals surface area contributed by atoms with Crippen LogP contribution in [0.25, 0.3) is 11.3 Å². The second-order valence-corrected chi connectivity index (χ2v) is 7.25. The highest BCUT2D eigenvalue weighted by Crippen LogP contribution is 2.37. The molecule has 0 bridgehead atoms. The summed E-state index contributed by atoms with van der Waals surface area (Å²) in [6, 6.07) is 10.8. The average Bonchev–Trinajstić information content (AvgIpc) is 3.05. The summed E-state index contributed by atoms with van der Waals surface area (Å²) in [5, 5.41) is 5.00. The first-order valence-corrected chi connectivity index (χ1v) is 9.77. The van der Waals surface area contributed by atoms with Gasteiger partial charge in [0.25, 0.3) is 0 Å². The maximum absolute atomic E-state index is 12.8. The summed E-state index contributed by atoms with van der Waals surface area (Å²) < 4.78 is 7.82. The number of benzene rings is 1. The fourth-order valence-electron chi connectivity index (χ4n) is 3.13. The van der Waals surface area contributed by atoms with Gasteiger partial charge in [-0.05, 0) is 51.1 Å². The van der Waals surface area contributed by atoms with E-state index < -0.39 is 6.17 Å². The lowest BCUT2D eigenvalue weighted by Gasteiger charge is -2.29. The molecular weight excluding hydrogens is 420 g/mol. The first-order chi connectivity index (χ1) is 12.5. The molecule has 132 valence electrons. The van der Waals surface area contributed by atoms with Gasteiger partial charge in [-0.3, -0.25) is 14.6 Å². The molecule has 9 heteroatoms. The van der Waals surface area contributed by atoms with E-state index in [2.05, 4.69) is 26.0 Å². The van der Waals surface area contributed by atoms with Crippen molar-refractivity contribution in [3.8, 4) is 11.3 Å². The number of hydrogen-bond acceptors (Lipinski definition) is 5. The van der Waals surface area contributed by atoms with Gasteiger partial charge in [-0.15, -0.1) is 0 Å². The summed E-state index contributed by atoms with van der Waals surface area (Å²) in [6.45, 7) is 1.48. The molecule has 3 heterocycles. The first-order valence-electron chi connectivity index (χ1n) is 7.76. The molecule has 0 radical (unpaired) electrons. The summed E-state index contributed by atoms with van der Waals surface area (Å²) >= 11 is 4.62. The molecule has 0 fully saturated rings. The Labute approximate surface area is 161 Å². The van der Waals surface area contributed by atoms with Crippen LogP contribution in [-0.4, -0.2) is 22.2 Å². The molecule has 1 amide bonds. The molecule has 26 heavy (non-hydrogen) atoms.